The van der Waals surface area contributed by atoms with Crippen LogP contribution in [0.1, 0.15) is 5.56 Å². The lowest BCUT2D eigenvalue weighted by molar-refractivity contribution is 0.322. The maximum Gasteiger partial charge on any atom is 0.0857 e. The molecule has 0 amide bonds. The Kier molecular flexibility index (Phi) is 2.22. The van der Waals surface area contributed by atoms with E-state index in [-0.39, 0.29) is 0 Å². The molecule has 0 saturated heterocycles. The Morgan fingerprint density at radius 2 is 1.79 bits per heavy atom. The Morgan fingerprint density at radius 1 is 1.14 bits per heavy atom. The summed E-state index contributed by atoms with van der Waals surface area (Å²) >= 11 is 0. The Bertz CT molecular complexity index is 419. The molecule has 0 aliphatic carbocycles. The van der Waals surface area contributed by atoms with E-state index < -0.39 is 0 Å². The third-order valence-corrected chi connectivity index (χ3v) is 1.75. The molecule has 1 aromatic carbocycles. The van der Waals surface area contributed by atoms with Crippen LogP contribution < -0.4 is 0 Å². The molecular weight excluding hydrogens is 180 g/mol. The molecule has 70 valence electrons. The monoisotopic (exact) mass is 188 g/mol. The summed E-state index contributed by atoms with van der Waals surface area (Å²) in [5.74, 6) is 0. The zero-order valence-corrected chi connectivity index (χ0v) is 7.28. The fourth-order valence-corrected chi connectivity index (χ4v) is 1.11. The van der Waals surface area contributed by atoms with Crippen molar-refractivity contribution < 1.29 is 5.21 Å². The number of benzene rings is 1. The Balaban J connectivity index is 2.31. The lowest BCUT2D eigenvalue weighted by atomic mass is 10.2. The van der Waals surface area contributed by atoms with Gasteiger partial charge in [0.25, 0.3) is 0 Å². The van der Waals surface area contributed by atoms with Gasteiger partial charge in [0.15, 0.2) is 0 Å². The van der Waals surface area contributed by atoms with Gasteiger partial charge >= 0.3 is 0 Å². The highest BCUT2D eigenvalue weighted by molar-refractivity contribution is 5.79. The molecule has 0 aliphatic heterocycles. The number of hydrogen-bond donors (Lipinski definition) is 1. The van der Waals surface area contributed by atoms with Crippen molar-refractivity contribution in [1.29, 1.82) is 0 Å². The van der Waals surface area contributed by atoms with Crippen molar-refractivity contribution in [2.45, 2.75) is 0 Å². The van der Waals surface area contributed by atoms with E-state index in [9.17, 15) is 0 Å². The van der Waals surface area contributed by atoms with Crippen molar-refractivity contribution in [3.63, 3.8) is 0 Å². The minimum Gasteiger partial charge on any atom is -0.411 e. The molecule has 5 heteroatoms. The van der Waals surface area contributed by atoms with Crippen molar-refractivity contribution in [2.24, 2.45) is 5.16 Å². The van der Waals surface area contributed by atoms with Crippen LogP contribution in [-0.2, 0) is 0 Å². The van der Waals surface area contributed by atoms with Gasteiger partial charge in [0.1, 0.15) is 0 Å². The lowest BCUT2D eigenvalue weighted by Crippen LogP contribution is -1.97. The first-order valence-electron chi connectivity index (χ1n) is 4.04. The third-order valence-electron chi connectivity index (χ3n) is 1.75. The second kappa shape index (κ2) is 3.69. The van der Waals surface area contributed by atoms with E-state index in [1.54, 1.807) is 12.4 Å². The van der Waals surface area contributed by atoms with Crippen molar-refractivity contribution in [3.8, 4) is 5.69 Å². The molecule has 1 aromatic heterocycles. The van der Waals surface area contributed by atoms with Crippen LogP contribution in [-0.4, -0.2) is 26.4 Å². The maximum absolute atomic E-state index is 8.31. The van der Waals surface area contributed by atoms with Crippen molar-refractivity contribution >= 4 is 6.21 Å². The molecule has 0 bridgehead atoms. The number of rotatable bonds is 2. The number of aromatic nitrogens is 3. The zero-order valence-electron chi connectivity index (χ0n) is 7.28. The zero-order chi connectivity index (χ0) is 9.80. The lowest BCUT2D eigenvalue weighted by Gasteiger charge is -1.98. The van der Waals surface area contributed by atoms with Crippen LogP contribution in [0.15, 0.2) is 41.8 Å². The summed E-state index contributed by atoms with van der Waals surface area (Å²) in [6, 6.07) is 7.32. The molecule has 0 aliphatic rings. The second-order valence-corrected chi connectivity index (χ2v) is 2.65. The fraction of sp³-hybridized carbons (Fsp3) is 0. The molecule has 0 atom stereocenters. The van der Waals surface area contributed by atoms with Gasteiger partial charge in [-0.1, -0.05) is 17.3 Å². The first kappa shape index (κ1) is 8.43. The minimum atomic E-state index is 0.823. The molecule has 2 rings (SSSR count). The number of hydrogen-bond acceptors (Lipinski definition) is 4. The first-order valence-corrected chi connectivity index (χ1v) is 4.04. The second-order valence-electron chi connectivity index (χ2n) is 2.65. The van der Waals surface area contributed by atoms with Crippen LogP contribution in [0.2, 0.25) is 0 Å². The van der Waals surface area contributed by atoms with Crippen molar-refractivity contribution in [3.05, 3.63) is 42.2 Å². The normalized spacial score (nSPS) is 10.9. The molecule has 2 aromatic rings. The van der Waals surface area contributed by atoms with E-state index in [2.05, 4.69) is 15.4 Å². The Morgan fingerprint density at radius 3 is 2.36 bits per heavy atom. The van der Waals surface area contributed by atoms with Gasteiger partial charge in [0.2, 0.25) is 0 Å². The highest BCUT2D eigenvalue weighted by atomic mass is 16.4. The molecule has 5 nitrogen and oxygen atoms in total. The predicted octanol–water partition coefficient (Wildman–Crippen LogP) is 1.08. The molecule has 14 heavy (non-hydrogen) atoms. The summed E-state index contributed by atoms with van der Waals surface area (Å²) in [6.45, 7) is 0. The van der Waals surface area contributed by atoms with E-state index in [0.717, 1.165) is 11.3 Å². The molecule has 0 fully saturated rings. The molecule has 1 N–H and O–H groups in total. The van der Waals surface area contributed by atoms with Gasteiger partial charge in [-0.15, -0.1) is 0 Å². The van der Waals surface area contributed by atoms with Gasteiger partial charge in [0.05, 0.1) is 24.3 Å². The quantitative estimate of drug-likeness (QED) is 0.435. The van der Waals surface area contributed by atoms with Crippen LogP contribution >= 0.6 is 0 Å². The largest absolute Gasteiger partial charge is 0.411 e. The van der Waals surface area contributed by atoms with Gasteiger partial charge < -0.3 is 5.21 Å². The molecule has 1 heterocycles. The highest BCUT2D eigenvalue weighted by Crippen LogP contribution is 2.05. The molecular formula is C9H8N4O. The molecule has 0 saturated carbocycles. The van der Waals surface area contributed by atoms with Crippen LogP contribution in [0.25, 0.3) is 5.69 Å². The average molecular weight is 188 g/mol. The van der Waals surface area contributed by atoms with Crippen LogP contribution in [0, 0.1) is 0 Å². The van der Waals surface area contributed by atoms with E-state index in [4.69, 9.17) is 5.21 Å². The highest BCUT2D eigenvalue weighted by Gasteiger charge is 1.96. The van der Waals surface area contributed by atoms with Gasteiger partial charge in [-0.05, 0) is 17.7 Å². The van der Waals surface area contributed by atoms with Gasteiger partial charge in [-0.3, -0.25) is 0 Å². The van der Waals surface area contributed by atoms with E-state index in [1.807, 2.05) is 24.3 Å². The minimum absolute atomic E-state index is 0.823. The summed E-state index contributed by atoms with van der Waals surface area (Å²) in [7, 11) is 0. The van der Waals surface area contributed by atoms with Crippen LogP contribution in [0.3, 0.4) is 0 Å². The number of nitrogens with zero attached hydrogens (tertiary/aromatic N) is 4. The molecule has 0 radical (unpaired) electrons. The van der Waals surface area contributed by atoms with Crippen LogP contribution in [0.5, 0.6) is 0 Å². The van der Waals surface area contributed by atoms with Gasteiger partial charge in [-0.25, -0.2) is 0 Å². The summed E-state index contributed by atoms with van der Waals surface area (Å²) in [5.41, 5.74) is 1.69. The molecule has 0 unspecified atom stereocenters. The van der Waals surface area contributed by atoms with E-state index in [0.29, 0.717) is 0 Å². The topological polar surface area (TPSA) is 63.3 Å². The standard InChI is InChI=1S/C9H8N4O/c14-12-7-8-1-3-9(4-2-8)13-10-5-6-11-13/h1-7,14H/b12-7+. The third kappa shape index (κ3) is 1.61. The maximum atomic E-state index is 8.31. The molecule has 0 spiro atoms. The fourth-order valence-electron chi connectivity index (χ4n) is 1.11. The van der Waals surface area contributed by atoms with Crippen molar-refractivity contribution in [1.82, 2.24) is 15.0 Å². The summed E-state index contributed by atoms with van der Waals surface area (Å²) < 4.78 is 0. The van der Waals surface area contributed by atoms with E-state index in [1.165, 1.54) is 11.0 Å². The average Bonchev–Trinajstić information content (AvgIpc) is 2.72. The van der Waals surface area contributed by atoms with Gasteiger partial charge in [0, 0.05) is 0 Å². The van der Waals surface area contributed by atoms with E-state index >= 15 is 0 Å². The van der Waals surface area contributed by atoms with Crippen LogP contribution in [0.4, 0.5) is 0 Å². The summed E-state index contributed by atoms with van der Waals surface area (Å²) in [6.07, 6.45) is 4.59. The number of oxime groups is 1. The summed E-state index contributed by atoms with van der Waals surface area (Å²) in [5, 5.41) is 19.2. The summed E-state index contributed by atoms with van der Waals surface area (Å²) in [4.78, 5) is 1.51. The smallest absolute Gasteiger partial charge is 0.0857 e. The first-order chi connectivity index (χ1) is 6.90. The SMILES string of the molecule is O/N=C/c1ccc(-n2nccn2)cc1. The Labute approximate surface area is 80.3 Å². The predicted molar refractivity (Wildman–Crippen MR) is 50.7 cm³/mol. The van der Waals surface area contributed by atoms with Crippen molar-refractivity contribution in [2.75, 3.05) is 0 Å². The van der Waals surface area contributed by atoms with Gasteiger partial charge in [-0.2, -0.15) is 15.0 Å². The Hall–Kier alpha value is -2.17.